The highest BCUT2D eigenvalue weighted by Gasteiger charge is 2.71. The van der Waals surface area contributed by atoms with Crippen LogP contribution in [0.3, 0.4) is 0 Å². The predicted octanol–water partition coefficient (Wildman–Crippen LogP) is 2.83. The van der Waals surface area contributed by atoms with Crippen LogP contribution in [0.1, 0.15) is 58.8 Å². The van der Waals surface area contributed by atoms with Crippen LogP contribution < -0.4 is 0 Å². The van der Waals surface area contributed by atoms with Gasteiger partial charge in [-0.2, -0.15) is 0 Å². The third-order valence-corrected chi connectivity index (χ3v) is 8.92. The molecule has 4 nitrogen and oxygen atoms in total. The van der Waals surface area contributed by atoms with E-state index in [1.165, 1.54) is 5.57 Å². The number of ketones is 2. The molecule has 1 heterocycles. The average molecular weight is 344 g/mol. The maximum atomic E-state index is 12.5. The predicted molar refractivity (Wildman–Crippen MR) is 91.8 cm³/mol. The molecule has 0 bridgehead atoms. The van der Waals surface area contributed by atoms with Crippen LogP contribution >= 0.6 is 0 Å². The molecular weight excluding hydrogens is 316 g/mol. The summed E-state index contributed by atoms with van der Waals surface area (Å²) in [5.74, 6) is 1.58. The van der Waals surface area contributed by atoms with Crippen molar-refractivity contribution in [2.75, 3.05) is 6.61 Å². The van der Waals surface area contributed by atoms with E-state index in [1.807, 2.05) is 6.08 Å². The van der Waals surface area contributed by atoms with E-state index in [0.29, 0.717) is 24.7 Å². The third-order valence-electron chi connectivity index (χ3n) is 8.92. The quantitative estimate of drug-likeness (QED) is 0.734. The van der Waals surface area contributed by atoms with Crippen LogP contribution in [-0.4, -0.2) is 35.0 Å². The van der Waals surface area contributed by atoms with Crippen LogP contribution in [0.25, 0.3) is 0 Å². The summed E-state index contributed by atoms with van der Waals surface area (Å²) in [6, 6.07) is 0. The largest absolute Gasteiger partial charge is 0.393 e. The van der Waals surface area contributed by atoms with E-state index < -0.39 is 11.7 Å². The Kier molecular flexibility index (Phi) is 3.13. The van der Waals surface area contributed by atoms with Crippen molar-refractivity contribution in [1.29, 1.82) is 0 Å². The van der Waals surface area contributed by atoms with Crippen LogP contribution in [0.2, 0.25) is 0 Å². The Bertz CT molecular complexity index is 696. The number of carbonyl (C=O) groups excluding carboxylic acids is 2. The number of aliphatic hydroxyl groups excluding tert-OH is 1. The minimum Gasteiger partial charge on any atom is -0.393 e. The SMILES string of the molecule is C[C@]12CCC(=O)C=C1CC[C@@H]1[C@@H]2[C@@H](O)C[C@@]2(C)[C@H]1CC[C@]21OCC1=O. The van der Waals surface area contributed by atoms with Crippen molar-refractivity contribution in [3.63, 3.8) is 0 Å². The van der Waals surface area contributed by atoms with Crippen molar-refractivity contribution < 1.29 is 19.4 Å². The molecule has 5 aliphatic rings. The molecular formula is C21H28O4. The highest BCUT2D eigenvalue weighted by atomic mass is 16.5. The van der Waals surface area contributed by atoms with Gasteiger partial charge in [-0.25, -0.2) is 0 Å². The standard InChI is InChI=1S/C21H28O4/c1-19-7-5-13(22)9-12(19)3-4-14-15-6-8-21(17(24)11-25-21)20(15,2)10-16(23)18(14)19/h9,14-16,18,23H,3-8,10-11H2,1-2H3/t14-,15-,16-,18+,19-,20-,21+/m0/s1. The van der Waals surface area contributed by atoms with Crippen LogP contribution in [0.4, 0.5) is 0 Å². The smallest absolute Gasteiger partial charge is 0.190 e. The Labute approximate surface area is 149 Å². The molecule has 0 aromatic carbocycles. The lowest BCUT2D eigenvalue weighted by molar-refractivity contribution is -0.226. The van der Waals surface area contributed by atoms with Crippen LogP contribution in [-0.2, 0) is 14.3 Å². The Morgan fingerprint density at radius 2 is 1.96 bits per heavy atom. The number of allylic oxidation sites excluding steroid dienone is 1. The average Bonchev–Trinajstić information content (AvgIpc) is 2.88. The number of aliphatic hydroxyl groups is 1. The summed E-state index contributed by atoms with van der Waals surface area (Å²) < 4.78 is 5.92. The summed E-state index contributed by atoms with van der Waals surface area (Å²) in [6.45, 7) is 4.71. The highest BCUT2D eigenvalue weighted by molar-refractivity contribution is 5.94. The summed E-state index contributed by atoms with van der Waals surface area (Å²) in [4.78, 5) is 24.4. The van der Waals surface area contributed by atoms with Crippen LogP contribution in [0, 0.1) is 28.6 Å². The number of hydrogen-bond donors (Lipinski definition) is 1. The highest BCUT2D eigenvalue weighted by Crippen LogP contribution is 2.69. The topological polar surface area (TPSA) is 63.6 Å². The van der Waals surface area contributed by atoms with E-state index in [9.17, 15) is 14.7 Å². The van der Waals surface area contributed by atoms with Crippen LogP contribution in [0.5, 0.6) is 0 Å². The van der Waals surface area contributed by atoms with Gasteiger partial charge in [0.25, 0.3) is 0 Å². The molecule has 1 saturated heterocycles. The zero-order chi connectivity index (χ0) is 17.6. The van der Waals surface area contributed by atoms with Gasteiger partial charge in [0.2, 0.25) is 0 Å². The van der Waals surface area contributed by atoms with Gasteiger partial charge in [-0.3, -0.25) is 9.59 Å². The first-order valence-electron chi connectivity index (χ1n) is 9.91. The molecule has 4 fully saturated rings. The first-order chi connectivity index (χ1) is 11.8. The second kappa shape index (κ2) is 4.83. The molecule has 0 unspecified atom stereocenters. The number of hydrogen-bond acceptors (Lipinski definition) is 4. The number of ether oxygens (including phenoxy) is 1. The molecule has 4 heteroatoms. The van der Waals surface area contributed by atoms with Crippen molar-refractivity contribution in [1.82, 2.24) is 0 Å². The van der Waals surface area contributed by atoms with Crippen LogP contribution in [0.15, 0.2) is 11.6 Å². The Balaban J connectivity index is 1.55. The van der Waals surface area contributed by atoms with E-state index in [0.717, 1.165) is 32.1 Å². The Morgan fingerprint density at radius 1 is 1.16 bits per heavy atom. The molecule has 3 saturated carbocycles. The van der Waals surface area contributed by atoms with Gasteiger partial charge in [-0.15, -0.1) is 0 Å². The summed E-state index contributed by atoms with van der Waals surface area (Å²) >= 11 is 0. The van der Waals surface area contributed by atoms with Gasteiger partial charge in [-0.05, 0) is 67.8 Å². The van der Waals surface area contributed by atoms with Crippen molar-refractivity contribution in [2.24, 2.45) is 28.6 Å². The van der Waals surface area contributed by atoms with E-state index >= 15 is 0 Å². The summed E-state index contributed by atoms with van der Waals surface area (Å²) in [5, 5.41) is 11.2. The normalized spacial score (nSPS) is 54.4. The molecule has 1 N–H and O–H groups in total. The van der Waals surface area contributed by atoms with E-state index in [1.54, 1.807) is 0 Å². The minimum absolute atomic E-state index is 0.0577. The van der Waals surface area contributed by atoms with Gasteiger partial charge in [-0.1, -0.05) is 19.4 Å². The minimum atomic E-state index is -0.622. The molecule has 4 aliphatic carbocycles. The van der Waals surface area contributed by atoms with E-state index in [-0.39, 0.29) is 34.9 Å². The molecule has 0 aromatic rings. The van der Waals surface area contributed by atoms with Gasteiger partial charge in [0.05, 0.1) is 6.10 Å². The fourth-order valence-electron chi connectivity index (χ4n) is 7.68. The molecule has 0 radical (unpaired) electrons. The molecule has 136 valence electrons. The molecule has 0 aromatic heterocycles. The Hall–Kier alpha value is -1.00. The maximum Gasteiger partial charge on any atom is 0.190 e. The Morgan fingerprint density at radius 3 is 2.64 bits per heavy atom. The molecule has 5 rings (SSSR count). The second-order valence-corrected chi connectivity index (χ2v) is 9.65. The maximum absolute atomic E-state index is 12.5. The summed E-state index contributed by atoms with van der Waals surface area (Å²) in [7, 11) is 0. The van der Waals surface area contributed by atoms with Gasteiger partial charge in [0, 0.05) is 11.8 Å². The number of carbonyl (C=O) groups is 2. The number of Topliss-reactive ketones (excluding diaryl/α,β-unsaturated/α-hetero) is 1. The lowest BCUT2D eigenvalue weighted by Crippen LogP contribution is -2.67. The molecule has 0 amide bonds. The van der Waals surface area contributed by atoms with Gasteiger partial charge >= 0.3 is 0 Å². The van der Waals surface area contributed by atoms with E-state index in [2.05, 4.69) is 13.8 Å². The molecule has 7 atom stereocenters. The first kappa shape index (κ1) is 16.2. The van der Waals surface area contributed by atoms with E-state index in [4.69, 9.17) is 4.74 Å². The summed E-state index contributed by atoms with van der Waals surface area (Å²) in [5.41, 5.74) is 0.350. The fourth-order valence-corrected chi connectivity index (χ4v) is 7.68. The van der Waals surface area contributed by atoms with Gasteiger partial charge in [0.15, 0.2) is 11.6 Å². The lowest BCUT2D eigenvalue weighted by Gasteiger charge is -2.62. The second-order valence-electron chi connectivity index (χ2n) is 9.65. The van der Waals surface area contributed by atoms with Gasteiger partial charge < -0.3 is 9.84 Å². The number of fused-ring (bicyclic) bond motifs is 6. The van der Waals surface area contributed by atoms with Gasteiger partial charge in [0.1, 0.15) is 12.2 Å². The molecule has 25 heavy (non-hydrogen) atoms. The van der Waals surface area contributed by atoms with Crippen molar-refractivity contribution >= 4 is 11.6 Å². The number of rotatable bonds is 0. The monoisotopic (exact) mass is 344 g/mol. The van der Waals surface area contributed by atoms with Crippen molar-refractivity contribution in [2.45, 2.75) is 70.5 Å². The lowest BCUT2D eigenvalue weighted by atomic mass is 9.45. The zero-order valence-corrected chi connectivity index (χ0v) is 15.2. The fraction of sp³-hybridized carbons (Fsp3) is 0.810. The molecule has 1 aliphatic heterocycles. The van der Waals surface area contributed by atoms with Crippen molar-refractivity contribution in [3.8, 4) is 0 Å². The zero-order valence-electron chi connectivity index (χ0n) is 15.2. The first-order valence-corrected chi connectivity index (χ1v) is 9.91. The third kappa shape index (κ3) is 1.76. The molecule has 1 spiro atoms. The van der Waals surface area contributed by atoms with Crippen molar-refractivity contribution in [3.05, 3.63) is 11.6 Å². The summed E-state index contributed by atoms with van der Waals surface area (Å²) in [6.07, 6.45) is 7.41.